The molecule has 1 aromatic carbocycles. The Balaban J connectivity index is 1.65. The number of aromatic nitrogens is 1. The van der Waals surface area contributed by atoms with E-state index in [9.17, 15) is 9.18 Å². The lowest BCUT2D eigenvalue weighted by atomic mass is 9.95. The number of carbonyl (C=O) groups excluding carboxylic acids is 1. The van der Waals surface area contributed by atoms with Crippen LogP contribution in [0.25, 0.3) is 11.1 Å². The Hall–Kier alpha value is -2.56. The fourth-order valence-corrected chi connectivity index (χ4v) is 3.64. The van der Waals surface area contributed by atoms with Crippen LogP contribution in [0.15, 0.2) is 47.1 Å². The summed E-state index contributed by atoms with van der Waals surface area (Å²) in [5.41, 5.74) is 2.51. The third-order valence-corrected chi connectivity index (χ3v) is 4.98. The van der Waals surface area contributed by atoms with Crippen molar-refractivity contribution < 1.29 is 13.6 Å². The molecule has 2 heterocycles. The smallest absolute Gasteiger partial charge is 0.268 e. The molecule has 0 spiro atoms. The molecule has 1 amide bonds. The summed E-state index contributed by atoms with van der Waals surface area (Å²) in [6.07, 6.45) is 7.19. The molecule has 0 saturated heterocycles. The van der Waals surface area contributed by atoms with E-state index in [2.05, 4.69) is 5.32 Å². The van der Waals surface area contributed by atoms with Crippen molar-refractivity contribution in [1.82, 2.24) is 9.88 Å². The third-order valence-electron chi connectivity index (χ3n) is 4.98. The quantitative estimate of drug-likeness (QED) is 0.761. The van der Waals surface area contributed by atoms with Gasteiger partial charge in [-0.25, -0.2) is 4.39 Å². The summed E-state index contributed by atoms with van der Waals surface area (Å²) < 4.78 is 21.4. The molecule has 1 N–H and O–H groups in total. The summed E-state index contributed by atoms with van der Waals surface area (Å²) in [4.78, 5) is 12.8. The van der Waals surface area contributed by atoms with E-state index in [1.54, 1.807) is 30.5 Å². The van der Waals surface area contributed by atoms with Crippen LogP contribution in [0.5, 0.6) is 0 Å². The normalized spacial score (nSPS) is 15.6. The molecule has 0 bridgehead atoms. The van der Waals surface area contributed by atoms with Crippen LogP contribution in [-0.2, 0) is 6.54 Å². The summed E-state index contributed by atoms with van der Waals surface area (Å²) in [5, 5.41) is 3.13. The molecule has 130 valence electrons. The molecule has 1 fully saturated rings. The predicted molar refractivity (Wildman–Crippen MR) is 94.0 cm³/mol. The van der Waals surface area contributed by atoms with Gasteiger partial charge in [-0.1, -0.05) is 37.5 Å². The van der Waals surface area contributed by atoms with Crippen molar-refractivity contribution in [2.45, 2.75) is 44.7 Å². The van der Waals surface area contributed by atoms with E-state index in [0.717, 1.165) is 31.2 Å². The van der Waals surface area contributed by atoms with Crippen LogP contribution in [0.1, 0.15) is 48.2 Å². The number of nitrogens with zero attached hydrogens (tertiary/aromatic N) is 1. The van der Waals surface area contributed by atoms with E-state index in [0.29, 0.717) is 23.4 Å². The predicted octanol–water partition coefficient (Wildman–Crippen LogP) is 4.48. The minimum absolute atomic E-state index is 0.116. The summed E-state index contributed by atoms with van der Waals surface area (Å²) in [5.74, 6) is -0.388. The number of fused-ring (bicyclic) bond motifs is 1. The number of nitrogens with one attached hydrogen (secondary N) is 1. The van der Waals surface area contributed by atoms with Gasteiger partial charge in [0.15, 0.2) is 5.58 Å². The fraction of sp³-hybridized carbons (Fsp3) is 0.350. The maximum atomic E-state index is 14.1. The van der Waals surface area contributed by atoms with Gasteiger partial charge in [0, 0.05) is 23.7 Å². The zero-order valence-corrected chi connectivity index (χ0v) is 14.0. The first-order chi connectivity index (χ1) is 12.2. The molecule has 1 aliphatic rings. The molecular weight excluding hydrogens is 319 g/mol. The van der Waals surface area contributed by atoms with Gasteiger partial charge in [-0.15, -0.1) is 0 Å². The summed E-state index contributed by atoms with van der Waals surface area (Å²) in [7, 11) is 0. The molecule has 3 aromatic rings. The van der Waals surface area contributed by atoms with Crippen molar-refractivity contribution in [3.05, 3.63) is 59.7 Å². The second-order valence-corrected chi connectivity index (χ2v) is 6.69. The first-order valence-electron chi connectivity index (χ1n) is 8.83. The lowest BCUT2D eigenvalue weighted by molar-refractivity contribution is 0.0919. The van der Waals surface area contributed by atoms with Gasteiger partial charge in [0.25, 0.3) is 5.91 Å². The minimum atomic E-state index is -0.272. The largest absolute Gasteiger partial charge is 0.463 e. The molecule has 5 heteroatoms. The molecule has 1 aliphatic carbocycles. The first kappa shape index (κ1) is 15.9. The van der Waals surface area contributed by atoms with E-state index in [4.69, 9.17) is 4.42 Å². The van der Waals surface area contributed by atoms with E-state index in [-0.39, 0.29) is 17.8 Å². The van der Waals surface area contributed by atoms with Crippen molar-refractivity contribution in [2.75, 3.05) is 0 Å². The van der Waals surface area contributed by atoms with Crippen molar-refractivity contribution in [3.63, 3.8) is 0 Å². The molecule has 4 rings (SSSR count). The molecule has 1 saturated carbocycles. The van der Waals surface area contributed by atoms with Gasteiger partial charge in [-0.05, 0) is 18.9 Å². The fourth-order valence-electron chi connectivity index (χ4n) is 3.64. The van der Waals surface area contributed by atoms with Crippen molar-refractivity contribution in [2.24, 2.45) is 0 Å². The number of halogens is 1. The Morgan fingerprint density at radius 1 is 1.20 bits per heavy atom. The van der Waals surface area contributed by atoms with E-state index in [1.165, 1.54) is 12.5 Å². The van der Waals surface area contributed by atoms with Gasteiger partial charge < -0.3 is 14.3 Å². The number of hydrogen-bond acceptors (Lipinski definition) is 2. The average Bonchev–Trinajstić information content (AvgIpc) is 3.20. The molecule has 0 aliphatic heterocycles. The standard InChI is InChI=1S/C20H21FN2O2/c21-16-9-5-4-6-14(16)13-23-17-10-11-25-19(17)12-18(23)20(24)22-15-7-2-1-3-8-15/h4-6,9-12,15H,1-3,7-8,13H2,(H,22,24). The van der Waals surface area contributed by atoms with Crippen LogP contribution < -0.4 is 5.32 Å². The number of amides is 1. The topological polar surface area (TPSA) is 47.2 Å². The Bertz CT molecular complexity index is 890. The number of carbonyl (C=O) groups is 1. The SMILES string of the molecule is O=C(NC1CCCCC1)c1cc2occc2n1Cc1ccccc1F. The molecule has 0 atom stereocenters. The highest BCUT2D eigenvalue weighted by Crippen LogP contribution is 2.24. The zero-order chi connectivity index (χ0) is 17.2. The van der Waals surface area contributed by atoms with Crippen molar-refractivity contribution in [1.29, 1.82) is 0 Å². The summed E-state index contributed by atoms with van der Waals surface area (Å²) in [6.45, 7) is 0.295. The monoisotopic (exact) mass is 340 g/mol. The van der Waals surface area contributed by atoms with Gasteiger partial charge in [-0.3, -0.25) is 4.79 Å². The van der Waals surface area contributed by atoms with Crippen LogP contribution in [0.2, 0.25) is 0 Å². The van der Waals surface area contributed by atoms with E-state index in [1.807, 2.05) is 10.6 Å². The lowest BCUT2D eigenvalue weighted by Crippen LogP contribution is -2.37. The highest BCUT2D eigenvalue weighted by molar-refractivity contribution is 5.97. The Labute approximate surface area is 145 Å². The number of benzene rings is 1. The maximum Gasteiger partial charge on any atom is 0.268 e. The second kappa shape index (κ2) is 6.75. The number of hydrogen-bond donors (Lipinski definition) is 1. The number of furan rings is 1. The van der Waals surface area contributed by atoms with Crippen LogP contribution in [0.3, 0.4) is 0 Å². The molecule has 25 heavy (non-hydrogen) atoms. The van der Waals surface area contributed by atoms with Gasteiger partial charge in [0.05, 0.1) is 18.3 Å². The van der Waals surface area contributed by atoms with Gasteiger partial charge in [0.1, 0.15) is 11.5 Å². The number of rotatable bonds is 4. The van der Waals surface area contributed by atoms with Crippen molar-refractivity contribution in [3.8, 4) is 0 Å². The van der Waals surface area contributed by atoms with Crippen LogP contribution in [0, 0.1) is 5.82 Å². The van der Waals surface area contributed by atoms with Crippen LogP contribution in [0.4, 0.5) is 4.39 Å². The van der Waals surface area contributed by atoms with Gasteiger partial charge in [-0.2, -0.15) is 0 Å². The van der Waals surface area contributed by atoms with E-state index >= 15 is 0 Å². The second-order valence-electron chi connectivity index (χ2n) is 6.69. The lowest BCUT2D eigenvalue weighted by Gasteiger charge is -2.23. The maximum absolute atomic E-state index is 14.1. The third kappa shape index (κ3) is 3.18. The molecule has 0 unspecified atom stereocenters. The highest BCUT2D eigenvalue weighted by atomic mass is 19.1. The molecule has 2 aromatic heterocycles. The minimum Gasteiger partial charge on any atom is -0.463 e. The first-order valence-corrected chi connectivity index (χ1v) is 8.83. The Kier molecular flexibility index (Phi) is 4.30. The van der Waals surface area contributed by atoms with Crippen molar-refractivity contribution >= 4 is 17.0 Å². The van der Waals surface area contributed by atoms with Gasteiger partial charge >= 0.3 is 0 Å². The van der Waals surface area contributed by atoms with Crippen LogP contribution in [-0.4, -0.2) is 16.5 Å². The van der Waals surface area contributed by atoms with Gasteiger partial charge in [0.2, 0.25) is 0 Å². The zero-order valence-electron chi connectivity index (χ0n) is 14.0. The Morgan fingerprint density at radius 2 is 2.00 bits per heavy atom. The van der Waals surface area contributed by atoms with Crippen LogP contribution >= 0.6 is 0 Å². The summed E-state index contributed by atoms with van der Waals surface area (Å²) in [6, 6.07) is 10.4. The highest BCUT2D eigenvalue weighted by Gasteiger charge is 2.22. The Morgan fingerprint density at radius 3 is 2.80 bits per heavy atom. The molecular formula is C20H21FN2O2. The molecule has 0 radical (unpaired) electrons. The average molecular weight is 340 g/mol. The summed E-state index contributed by atoms with van der Waals surface area (Å²) >= 11 is 0. The molecule has 4 nitrogen and oxygen atoms in total. The van der Waals surface area contributed by atoms with E-state index < -0.39 is 0 Å².